The highest BCUT2D eigenvalue weighted by Crippen LogP contribution is 2.25. The molecule has 0 saturated heterocycles. The molecule has 0 bridgehead atoms. The molecule has 1 aromatic heterocycles. The monoisotopic (exact) mass is 333 g/mol. The van der Waals surface area contributed by atoms with Crippen molar-refractivity contribution in [3.63, 3.8) is 0 Å². The van der Waals surface area contributed by atoms with Crippen molar-refractivity contribution < 1.29 is 0 Å². The highest BCUT2D eigenvalue weighted by molar-refractivity contribution is 7.98. The van der Waals surface area contributed by atoms with E-state index in [1.165, 1.54) is 17.8 Å². The van der Waals surface area contributed by atoms with Crippen LogP contribution in [0, 0.1) is 18.3 Å². The molecule has 5 heteroatoms. The Labute approximate surface area is 144 Å². The number of nitrogens with one attached hydrogen (secondary N) is 1. The average molecular weight is 333 g/mol. The summed E-state index contributed by atoms with van der Waals surface area (Å²) in [5.74, 6) is 0.715. The molecule has 24 heavy (non-hydrogen) atoms. The molecule has 0 amide bonds. The number of aromatic amines is 1. The van der Waals surface area contributed by atoms with E-state index in [4.69, 9.17) is 0 Å². The van der Waals surface area contributed by atoms with Crippen LogP contribution in [0.1, 0.15) is 16.8 Å². The standard InChI is InChI=1S/C19H15N3OS/c1-13-10-18(23)22-19(21-13)24-12-14-6-8-15(9-7-14)17-5-3-2-4-16(17)11-20/h2-10H,12H2,1H3,(H,21,22,23). The van der Waals surface area contributed by atoms with E-state index in [2.05, 4.69) is 16.0 Å². The third-order valence-corrected chi connectivity index (χ3v) is 4.48. The molecular weight excluding hydrogens is 318 g/mol. The first-order valence-corrected chi connectivity index (χ1v) is 8.43. The van der Waals surface area contributed by atoms with Crippen LogP contribution in [0.5, 0.6) is 0 Å². The minimum absolute atomic E-state index is 0.131. The highest BCUT2D eigenvalue weighted by Gasteiger charge is 2.05. The number of hydrogen-bond acceptors (Lipinski definition) is 4. The van der Waals surface area contributed by atoms with E-state index in [0.29, 0.717) is 22.2 Å². The normalized spacial score (nSPS) is 10.3. The van der Waals surface area contributed by atoms with E-state index in [-0.39, 0.29) is 5.56 Å². The Morgan fingerprint density at radius 1 is 1.17 bits per heavy atom. The second-order valence-electron chi connectivity index (χ2n) is 5.33. The van der Waals surface area contributed by atoms with Crippen molar-refractivity contribution in [3.8, 4) is 17.2 Å². The molecule has 118 valence electrons. The van der Waals surface area contributed by atoms with Gasteiger partial charge in [0.1, 0.15) is 0 Å². The van der Waals surface area contributed by atoms with E-state index in [1.54, 1.807) is 6.92 Å². The van der Waals surface area contributed by atoms with Gasteiger partial charge in [-0.05, 0) is 29.7 Å². The largest absolute Gasteiger partial charge is 0.301 e. The van der Waals surface area contributed by atoms with Gasteiger partial charge in [-0.1, -0.05) is 54.2 Å². The molecule has 0 atom stereocenters. The number of aromatic nitrogens is 2. The average Bonchev–Trinajstić information content (AvgIpc) is 2.59. The van der Waals surface area contributed by atoms with Gasteiger partial charge in [-0.3, -0.25) is 4.79 Å². The SMILES string of the molecule is Cc1cc(=O)[nH]c(SCc2ccc(-c3ccccc3C#N)cc2)n1. The first kappa shape index (κ1) is 16.0. The smallest absolute Gasteiger partial charge is 0.251 e. The molecule has 0 aliphatic carbocycles. The van der Waals surface area contributed by atoms with Crippen LogP contribution in [0.25, 0.3) is 11.1 Å². The van der Waals surface area contributed by atoms with E-state index >= 15 is 0 Å². The van der Waals surface area contributed by atoms with Gasteiger partial charge in [0.25, 0.3) is 5.56 Å². The summed E-state index contributed by atoms with van der Waals surface area (Å²) in [4.78, 5) is 18.5. The van der Waals surface area contributed by atoms with Crippen LogP contribution >= 0.6 is 11.8 Å². The lowest BCUT2D eigenvalue weighted by Crippen LogP contribution is -2.08. The molecular formula is C19H15N3OS. The third kappa shape index (κ3) is 3.73. The fraction of sp³-hybridized carbons (Fsp3) is 0.105. The summed E-state index contributed by atoms with van der Waals surface area (Å²) in [7, 11) is 0. The van der Waals surface area contributed by atoms with Gasteiger partial charge in [0.2, 0.25) is 0 Å². The molecule has 0 fully saturated rings. The number of aryl methyl sites for hydroxylation is 1. The molecule has 0 saturated carbocycles. The van der Waals surface area contributed by atoms with E-state index in [0.717, 1.165) is 16.7 Å². The second-order valence-corrected chi connectivity index (χ2v) is 6.30. The Bertz CT molecular complexity index is 955. The highest BCUT2D eigenvalue weighted by atomic mass is 32.2. The molecule has 0 spiro atoms. The number of nitrogens with zero attached hydrogens (tertiary/aromatic N) is 2. The second kappa shape index (κ2) is 7.16. The van der Waals surface area contributed by atoms with E-state index in [1.807, 2.05) is 48.5 Å². The van der Waals surface area contributed by atoms with Crippen LogP contribution in [0.15, 0.2) is 64.5 Å². The van der Waals surface area contributed by atoms with Crippen molar-refractivity contribution in [2.24, 2.45) is 0 Å². The van der Waals surface area contributed by atoms with Crippen LogP contribution in [0.4, 0.5) is 0 Å². The lowest BCUT2D eigenvalue weighted by molar-refractivity contribution is 0.905. The fourth-order valence-corrected chi connectivity index (χ4v) is 3.26. The van der Waals surface area contributed by atoms with Crippen molar-refractivity contribution in [1.29, 1.82) is 5.26 Å². The van der Waals surface area contributed by atoms with Gasteiger partial charge in [-0.15, -0.1) is 0 Å². The molecule has 0 aliphatic heterocycles. The van der Waals surface area contributed by atoms with Crippen LogP contribution in [-0.2, 0) is 5.75 Å². The van der Waals surface area contributed by atoms with Crippen molar-refractivity contribution in [2.45, 2.75) is 17.8 Å². The zero-order valence-corrected chi connectivity index (χ0v) is 13.9. The summed E-state index contributed by atoms with van der Waals surface area (Å²) in [6.45, 7) is 1.81. The molecule has 0 aliphatic rings. The Kier molecular flexibility index (Phi) is 4.78. The molecule has 2 aromatic carbocycles. The first-order chi connectivity index (χ1) is 11.7. The van der Waals surface area contributed by atoms with Crippen LogP contribution in [-0.4, -0.2) is 9.97 Å². The van der Waals surface area contributed by atoms with Gasteiger partial charge in [-0.25, -0.2) is 4.98 Å². The topological polar surface area (TPSA) is 69.5 Å². The van der Waals surface area contributed by atoms with Gasteiger partial charge in [-0.2, -0.15) is 5.26 Å². The van der Waals surface area contributed by atoms with Crippen molar-refractivity contribution in [1.82, 2.24) is 9.97 Å². The third-order valence-electron chi connectivity index (χ3n) is 3.54. The zero-order valence-electron chi connectivity index (χ0n) is 13.1. The quantitative estimate of drug-likeness (QED) is 0.580. The summed E-state index contributed by atoms with van der Waals surface area (Å²) in [5, 5.41) is 9.82. The number of nitriles is 1. The van der Waals surface area contributed by atoms with Crippen LogP contribution < -0.4 is 5.56 Å². The number of H-pyrrole nitrogens is 1. The maximum atomic E-state index is 11.4. The minimum Gasteiger partial charge on any atom is -0.301 e. The summed E-state index contributed by atoms with van der Waals surface area (Å²) in [5.41, 5.74) is 4.33. The van der Waals surface area contributed by atoms with Gasteiger partial charge in [0.15, 0.2) is 5.16 Å². The van der Waals surface area contributed by atoms with Gasteiger partial charge < -0.3 is 4.98 Å². The number of benzene rings is 2. The Hall–Kier alpha value is -2.84. The van der Waals surface area contributed by atoms with E-state index < -0.39 is 0 Å². The summed E-state index contributed by atoms with van der Waals surface area (Å²) >= 11 is 1.49. The Morgan fingerprint density at radius 3 is 2.62 bits per heavy atom. The fourth-order valence-electron chi connectivity index (χ4n) is 2.38. The summed E-state index contributed by atoms with van der Waals surface area (Å²) < 4.78 is 0. The molecule has 1 heterocycles. The maximum absolute atomic E-state index is 11.4. The van der Waals surface area contributed by atoms with Crippen LogP contribution in [0.3, 0.4) is 0 Å². The molecule has 0 unspecified atom stereocenters. The molecule has 3 rings (SSSR count). The lowest BCUT2D eigenvalue weighted by Gasteiger charge is -2.06. The summed E-state index contributed by atoms with van der Waals surface area (Å²) in [6.07, 6.45) is 0. The van der Waals surface area contributed by atoms with Crippen molar-refractivity contribution in [2.75, 3.05) is 0 Å². The van der Waals surface area contributed by atoms with Crippen molar-refractivity contribution >= 4 is 11.8 Å². The molecule has 0 radical (unpaired) electrons. The Balaban J connectivity index is 1.75. The van der Waals surface area contributed by atoms with Crippen LogP contribution in [0.2, 0.25) is 0 Å². The maximum Gasteiger partial charge on any atom is 0.251 e. The molecule has 1 N–H and O–H groups in total. The lowest BCUT2D eigenvalue weighted by atomic mass is 10.00. The van der Waals surface area contributed by atoms with Gasteiger partial charge in [0, 0.05) is 17.5 Å². The van der Waals surface area contributed by atoms with Gasteiger partial charge >= 0.3 is 0 Å². The first-order valence-electron chi connectivity index (χ1n) is 7.45. The number of rotatable bonds is 4. The van der Waals surface area contributed by atoms with E-state index in [9.17, 15) is 10.1 Å². The molecule has 3 aromatic rings. The zero-order chi connectivity index (χ0) is 16.9. The molecule has 4 nitrogen and oxygen atoms in total. The predicted octanol–water partition coefficient (Wildman–Crippen LogP) is 3.91. The number of hydrogen-bond donors (Lipinski definition) is 1. The number of thioether (sulfide) groups is 1. The minimum atomic E-state index is -0.131. The van der Waals surface area contributed by atoms with Gasteiger partial charge in [0.05, 0.1) is 11.6 Å². The van der Waals surface area contributed by atoms with Crippen molar-refractivity contribution in [3.05, 3.63) is 81.8 Å². The Morgan fingerprint density at radius 2 is 1.92 bits per heavy atom. The predicted molar refractivity (Wildman–Crippen MR) is 95.7 cm³/mol. The summed E-state index contributed by atoms with van der Waals surface area (Å²) in [6, 6.07) is 19.3.